The fraction of sp³-hybridized carbons (Fsp3) is 0.571. The van der Waals surface area contributed by atoms with Crippen LogP contribution in [-0.4, -0.2) is 34.6 Å². The number of aliphatic hydroxyl groups excluding tert-OH is 3. The van der Waals surface area contributed by atoms with Crippen molar-refractivity contribution in [2.24, 2.45) is 5.41 Å². The summed E-state index contributed by atoms with van der Waals surface area (Å²) in [5.74, 6) is 1.51. The molecule has 0 saturated carbocycles. The van der Waals surface area contributed by atoms with Gasteiger partial charge in [0.15, 0.2) is 0 Å². The molecule has 0 aliphatic rings. The van der Waals surface area contributed by atoms with E-state index in [9.17, 15) is 15.3 Å². The molecule has 0 radical (unpaired) electrons. The minimum absolute atomic E-state index is 0.106. The summed E-state index contributed by atoms with van der Waals surface area (Å²) in [6.07, 6.45) is 2.12. The van der Waals surface area contributed by atoms with Crippen molar-refractivity contribution in [3.05, 3.63) is 58.7 Å². The summed E-state index contributed by atoms with van der Waals surface area (Å²) in [5, 5.41) is 29.4. The average molecular weight is 459 g/mol. The molecule has 2 aromatic carbocycles. The van der Waals surface area contributed by atoms with Crippen LogP contribution in [-0.2, 0) is 25.0 Å². The normalized spacial score (nSPS) is 13.1. The van der Waals surface area contributed by atoms with Gasteiger partial charge in [-0.15, -0.1) is 0 Å². The van der Waals surface area contributed by atoms with Crippen LogP contribution in [0.1, 0.15) is 76.6 Å². The van der Waals surface area contributed by atoms with Crippen molar-refractivity contribution in [1.29, 1.82) is 0 Å². The van der Waals surface area contributed by atoms with Crippen LogP contribution in [0, 0.1) is 5.41 Å². The predicted molar refractivity (Wildman–Crippen MR) is 133 cm³/mol. The van der Waals surface area contributed by atoms with E-state index in [2.05, 4.69) is 32.9 Å². The Morgan fingerprint density at radius 3 is 2.03 bits per heavy atom. The Balaban J connectivity index is 2.24. The van der Waals surface area contributed by atoms with E-state index in [-0.39, 0.29) is 30.7 Å². The van der Waals surface area contributed by atoms with E-state index in [0.29, 0.717) is 23.5 Å². The van der Waals surface area contributed by atoms with Crippen LogP contribution in [0.3, 0.4) is 0 Å². The van der Waals surface area contributed by atoms with Gasteiger partial charge in [0.05, 0.1) is 25.9 Å². The van der Waals surface area contributed by atoms with Gasteiger partial charge >= 0.3 is 0 Å². The molecule has 0 aliphatic heterocycles. The molecule has 184 valence electrons. The Hall–Kier alpha value is -2.08. The molecule has 33 heavy (non-hydrogen) atoms. The smallest absolute Gasteiger partial charge is 0.122 e. The van der Waals surface area contributed by atoms with Crippen molar-refractivity contribution in [3.8, 4) is 11.5 Å². The fourth-order valence-corrected chi connectivity index (χ4v) is 3.91. The summed E-state index contributed by atoms with van der Waals surface area (Å²) in [5.41, 5.74) is 3.33. The van der Waals surface area contributed by atoms with Crippen LogP contribution < -0.4 is 9.47 Å². The van der Waals surface area contributed by atoms with Crippen molar-refractivity contribution in [1.82, 2.24) is 0 Å². The SMILES string of the molecule is CCc1cc(C(CC)(CC)COc2ccc(CO)c(CO)c2)ccc1OCC(O)C(C)(C)C. The van der Waals surface area contributed by atoms with Crippen molar-refractivity contribution in [2.75, 3.05) is 13.2 Å². The largest absolute Gasteiger partial charge is 0.493 e. The number of aliphatic hydroxyl groups is 3. The molecule has 0 amide bonds. The molecule has 1 unspecified atom stereocenters. The fourth-order valence-electron chi connectivity index (χ4n) is 3.91. The monoisotopic (exact) mass is 458 g/mol. The van der Waals surface area contributed by atoms with E-state index >= 15 is 0 Å². The predicted octanol–water partition coefficient (Wildman–Crippen LogP) is 5.16. The standard InChI is InChI=1S/C28H42O5/c1-7-20-14-23(11-13-25(20)32-18-26(31)27(4,5)6)28(8-2,9-3)19-33-24-12-10-21(16-29)22(15-24)17-30/h10-15,26,29-31H,7-9,16-19H2,1-6H3. The summed E-state index contributed by atoms with van der Waals surface area (Å²) in [7, 11) is 0. The lowest BCUT2D eigenvalue weighted by molar-refractivity contribution is 0.0215. The summed E-state index contributed by atoms with van der Waals surface area (Å²) < 4.78 is 12.2. The highest BCUT2D eigenvalue weighted by molar-refractivity contribution is 5.41. The van der Waals surface area contributed by atoms with Gasteiger partial charge in [-0.25, -0.2) is 0 Å². The maximum absolute atomic E-state index is 10.3. The molecule has 0 heterocycles. The molecule has 0 spiro atoms. The summed E-state index contributed by atoms with van der Waals surface area (Å²) >= 11 is 0. The molecule has 2 aromatic rings. The lowest BCUT2D eigenvalue weighted by atomic mass is 9.76. The van der Waals surface area contributed by atoms with Gasteiger partial charge in [-0.1, -0.05) is 59.7 Å². The first kappa shape index (κ1) is 27.2. The molecule has 5 nitrogen and oxygen atoms in total. The second kappa shape index (κ2) is 11.9. The highest BCUT2D eigenvalue weighted by Crippen LogP contribution is 2.36. The van der Waals surface area contributed by atoms with Crippen molar-refractivity contribution in [3.63, 3.8) is 0 Å². The molecule has 0 saturated heterocycles. The minimum atomic E-state index is -0.540. The number of aryl methyl sites for hydroxylation is 1. The molecule has 0 aromatic heterocycles. The first-order valence-electron chi connectivity index (χ1n) is 12.0. The lowest BCUT2D eigenvalue weighted by Gasteiger charge is -2.33. The topological polar surface area (TPSA) is 79.2 Å². The zero-order valence-corrected chi connectivity index (χ0v) is 21.1. The Morgan fingerprint density at radius 1 is 0.818 bits per heavy atom. The lowest BCUT2D eigenvalue weighted by Crippen LogP contribution is -2.33. The molecule has 2 rings (SSSR count). The minimum Gasteiger partial charge on any atom is -0.493 e. The van der Waals surface area contributed by atoms with Crippen LogP contribution in [0.25, 0.3) is 0 Å². The number of hydrogen-bond donors (Lipinski definition) is 3. The first-order valence-corrected chi connectivity index (χ1v) is 12.0. The van der Waals surface area contributed by atoms with Gasteiger partial charge in [-0.3, -0.25) is 0 Å². The van der Waals surface area contributed by atoms with Crippen molar-refractivity contribution < 1.29 is 24.8 Å². The van der Waals surface area contributed by atoms with Crippen molar-refractivity contribution in [2.45, 2.75) is 85.5 Å². The van der Waals surface area contributed by atoms with Crippen LogP contribution in [0.5, 0.6) is 11.5 Å². The Kier molecular flexibility index (Phi) is 9.77. The number of rotatable bonds is 12. The molecule has 0 aliphatic carbocycles. The highest BCUT2D eigenvalue weighted by atomic mass is 16.5. The van der Waals surface area contributed by atoms with E-state index in [1.165, 1.54) is 5.56 Å². The third kappa shape index (κ3) is 6.72. The van der Waals surface area contributed by atoms with Gasteiger partial charge in [0.2, 0.25) is 0 Å². The summed E-state index contributed by atoms with van der Waals surface area (Å²) in [6.45, 7) is 13.0. The molecular formula is C28H42O5. The van der Waals surface area contributed by atoms with E-state index in [1.807, 2.05) is 32.9 Å². The van der Waals surface area contributed by atoms with Gasteiger partial charge in [0, 0.05) is 5.41 Å². The maximum Gasteiger partial charge on any atom is 0.122 e. The molecular weight excluding hydrogens is 416 g/mol. The Bertz CT molecular complexity index is 880. The summed E-state index contributed by atoms with van der Waals surface area (Å²) in [6, 6.07) is 11.8. The van der Waals surface area contributed by atoms with E-state index < -0.39 is 6.10 Å². The van der Waals surface area contributed by atoms with Crippen LogP contribution in [0.2, 0.25) is 0 Å². The molecule has 3 N–H and O–H groups in total. The number of hydrogen-bond acceptors (Lipinski definition) is 5. The Labute approximate surface area is 199 Å². The number of benzene rings is 2. The van der Waals surface area contributed by atoms with Gasteiger partial charge in [-0.05, 0) is 65.1 Å². The van der Waals surface area contributed by atoms with Gasteiger partial charge in [0.1, 0.15) is 18.1 Å². The molecule has 5 heteroatoms. The zero-order chi connectivity index (χ0) is 24.6. The quantitative estimate of drug-likeness (QED) is 0.410. The molecule has 1 atom stereocenters. The van der Waals surface area contributed by atoms with Gasteiger partial charge in [-0.2, -0.15) is 0 Å². The van der Waals surface area contributed by atoms with Crippen LogP contribution in [0.15, 0.2) is 36.4 Å². The second-order valence-corrected chi connectivity index (χ2v) is 9.89. The second-order valence-electron chi connectivity index (χ2n) is 9.89. The van der Waals surface area contributed by atoms with E-state index in [1.54, 1.807) is 12.1 Å². The Morgan fingerprint density at radius 2 is 1.48 bits per heavy atom. The van der Waals surface area contributed by atoms with Crippen LogP contribution >= 0.6 is 0 Å². The summed E-state index contributed by atoms with van der Waals surface area (Å²) in [4.78, 5) is 0. The van der Waals surface area contributed by atoms with E-state index in [4.69, 9.17) is 9.47 Å². The molecule has 0 bridgehead atoms. The van der Waals surface area contributed by atoms with Gasteiger partial charge in [0.25, 0.3) is 0 Å². The average Bonchev–Trinajstić information content (AvgIpc) is 2.82. The maximum atomic E-state index is 10.3. The van der Waals surface area contributed by atoms with Crippen LogP contribution in [0.4, 0.5) is 0 Å². The highest BCUT2D eigenvalue weighted by Gasteiger charge is 2.31. The molecule has 0 fully saturated rings. The van der Waals surface area contributed by atoms with Crippen molar-refractivity contribution >= 4 is 0 Å². The van der Waals surface area contributed by atoms with Gasteiger partial charge < -0.3 is 24.8 Å². The van der Waals surface area contributed by atoms with E-state index in [0.717, 1.165) is 30.6 Å². The first-order chi connectivity index (χ1) is 15.6. The zero-order valence-electron chi connectivity index (χ0n) is 21.1. The third-order valence-electron chi connectivity index (χ3n) is 6.84. The third-order valence-corrected chi connectivity index (χ3v) is 6.84. The number of ether oxygens (including phenoxy) is 2.